The van der Waals surface area contributed by atoms with Crippen molar-refractivity contribution in [3.8, 4) is 17.2 Å². The second kappa shape index (κ2) is 10.5. The van der Waals surface area contributed by atoms with Crippen LogP contribution in [0.3, 0.4) is 0 Å². The molecule has 0 spiro atoms. The first kappa shape index (κ1) is 22.1. The van der Waals surface area contributed by atoms with Crippen LogP contribution in [0.2, 0.25) is 0 Å². The third-order valence-electron chi connectivity index (χ3n) is 4.14. The van der Waals surface area contributed by atoms with Crippen LogP contribution in [0.15, 0.2) is 83.8 Å². The van der Waals surface area contributed by atoms with Crippen LogP contribution in [0, 0.1) is 0 Å². The van der Waals surface area contributed by atoms with Crippen molar-refractivity contribution in [1.29, 1.82) is 0 Å². The highest BCUT2D eigenvalue weighted by molar-refractivity contribution is 7.89. The zero-order valence-electron chi connectivity index (χ0n) is 16.8. The highest BCUT2D eigenvalue weighted by Gasteiger charge is 2.21. The highest BCUT2D eigenvalue weighted by Crippen LogP contribution is 2.22. The number of hydrazine groups is 1. The molecule has 162 valence electrons. The van der Waals surface area contributed by atoms with Gasteiger partial charge in [0.05, 0.1) is 12.7 Å². The number of amides is 1. The van der Waals surface area contributed by atoms with Crippen LogP contribution in [0.25, 0.3) is 0 Å². The van der Waals surface area contributed by atoms with Crippen LogP contribution >= 0.6 is 0 Å². The Bertz CT molecular complexity index is 1120. The van der Waals surface area contributed by atoms with Gasteiger partial charge < -0.3 is 14.2 Å². The predicted molar refractivity (Wildman–Crippen MR) is 115 cm³/mol. The molecular weight excluding hydrogens is 420 g/mol. The molecule has 31 heavy (non-hydrogen) atoms. The van der Waals surface area contributed by atoms with E-state index in [4.69, 9.17) is 14.2 Å². The molecule has 3 aromatic rings. The van der Waals surface area contributed by atoms with E-state index in [0.29, 0.717) is 11.5 Å². The van der Waals surface area contributed by atoms with Gasteiger partial charge in [0.15, 0.2) is 0 Å². The first-order valence-electron chi connectivity index (χ1n) is 9.36. The lowest BCUT2D eigenvalue weighted by molar-refractivity contribution is 0.0939. The largest absolute Gasteiger partial charge is 0.495 e. The number of carbonyl (C=O) groups is 1. The quantitative estimate of drug-likeness (QED) is 0.370. The first-order chi connectivity index (χ1) is 15.0. The van der Waals surface area contributed by atoms with Gasteiger partial charge in [0.2, 0.25) is 0 Å². The van der Waals surface area contributed by atoms with Crippen molar-refractivity contribution in [2.45, 2.75) is 4.90 Å². The Morgan fingerprint density at radius 2 is 1.42 bits per heavy atom. The average Bonchev–Trinajstić information content (AvgIpc) is 2.81. The Morgan fingerprint density at radius 3 is 2.16 bits per heavy atom. The molecule has 2 N–H and O–H groups in total. The van der Waals surface area contributed by atoms with E-state index >= 15 is 0 Å². The lowest BCUT2D eigenvalue weighted by Gasteiger charge is -2.14. The van der Waals surface area contributed by atoms with Gasteiger partial charge in [-0.3, -0.25) is 10.2 Å². The standard InChI is InChI=1S/C22H22N2O6S/c1-28-20-13-7-8-14-21(20)31(26,27)24-23-22(25)18-11-5-6-12-19(18)30-16-15-29-17-9-3-2-4-10-17/h2-14,24H,15-16H2,1H3,(H,23,25). The first-order valence-corrected chi connectivity index (χ1v) is 10.8. The van der Waals surface area contributed by atoms with Crippen LogP contribution < -0.4 is 24.5 Å². The number of methoxy groups -OCH3 is 1. The zero-order chi connectivity index (χ0) is 22.1. The highest BCUT2D eigenvalue weighted by atomic mass is 32.2. The van der Waals surface area contributed by atoms with Gasteiger partial charge >= 0.3 is 0 Å². The molecule has 8 nitrogen and oxygen atoms in total. The summed E-state index contributed by atoms with van der Waals surface area (Å²) in [5.74, 6) is 0.500. The van der Waals surface area contributed by atoms with E-state index in [2.05, 4.69) is 10.3 Å². The summed E-state index contributed by atoms with van der Waals surface area (Å²) < 4.78 is 41.3. The summed E-state index contributed by atoms with van der Waals surface area (Å²) in [6, 6.07) is 21.9. The van der Waals surface area contributed by atoms with Crippen LogP contribution in [-0.4, -0.2) is 34.6 Å². The molecule has 0 unspecified atom stereocenters. The Kier molecular flexibility index (Phi) is 7.47. The normalized spacial score (nSPS) is 10.9. The SMILES string of the molecule is COc1ccccc1S(=O)(=O)NNC(=O)c1ccccc1OCCOc1ccccc1. The summed E-state index contributed by atoms with van der Waals surface area (Å²) in [6.07, 6.45) is 0. The molecule has 9 heteroatoms. The zero-order valence-corrected chi connectivity index (χ0v) is 17.6. The molecular formula is C22H22N2O6S. The Balaban J connectivity index is 1.60. The van der Waals surface area contributed by atoms with Gasteiger partial charge in [-0.15, -0.1) is 4.83 Å². The lowest BCUT2D eigenvalue weighted by Crippen LogP contribution is -2.41. The van der Waals surface area contributed by atoms with Gasteiger partial charge in [-0.05, 0) is 36.4 Å². The van der Waals surface area contributed by atoms with Crippen molar-refractivity contribution in [3.05, 3.63) is 84.4 Å². The number of rotatable bonds is 10. The Morgan fingerprint density at radius 1 is 0.806 bits per heavy atom. The fourth-order valence-electron chi connectivity index (χ4n) is 2.68. The van der Waals surface area contributed by atoms with E-state index in [-0.39, 0.29) is 29.4 Å². The molecule has 0 aliphatic rings. The lowest BCUT2D eigenvalue weighted by atomic mass is 10.2. The minimum absolute atomic E-state index is 0.0969. The molecule has 0 saturated carbocycles. The molecule has 0 fully saturated rings. The molecule has 0 aliphatic carbocycles. The van der Waals surface area contributed by atoms with Crippen molar-refractivity contribution in [2.75, 3.05) is 20.3 Å². The van der Waals surface area contributed by atoms with E-state index in [1.807, 2.05) is 30.3 Å². The van der Waals surface area contributed by atoms with Gasteiger partial charge in [-0.1, -0.05) is 42.5 Å². The number of hydrogen-bond donors (Lipinski definition) is 2. The van der Waals surface area contributed by atoms with Gasteiger partial charge in [0.1, 0.15) is 35.4 Å². The van der Waals surface area contributed by atoms with Crippen molar-refractivity contribution in [3.63, 3.8) is 0 Å². The molecule has 3 aromatic carbocycles. The molecule has 0 saturated heterocycles. The number of ether oxygens (including phenoxy) is 3. The topological polar surface area (TPSA) is 103 Å². The fourth-order valence-corrected chi connectivity index (χ4v) is 3.70. The van der Waals surface area contributed by atoms with E-state index in [1.165, 1.54) is 25.3 Å². The smallest absolute Gasteiger partial charge is 0.270 e. The minimum Gasteiger partial charge on any atom is -0.495 e. The van der Waals surface area contributed by atoms with E-state index in [0.717, 1.165) is 0 Å². The maximum atomic E-state index is 12.6. The maximum Gasteiger partial charge on any atom is 0.270 e. The summed E-state index contributed by atoms with van der Waals surface area (Å²) in [4.78, 5) is 14.6. The van der Waals surface area contributed by atoms with Crippen LogP contribution in [0.5, 0.6) is 17.2 Å². The number of benzene rings is 3. The van der Waals surface area contributed by atoms with E-state index < -0.39 is 15.9 Å². The monoisotopic (exact) mass is 442 g/mol. The summed E-state index contributed by atoms with van der Waals surface area (Å²) in [5.41, 5.74) is 2.37. The average molecular weight is 442 g/mol. The van der Waals surface area contributed by atoms with Crippen molar-refractivity contribution in [2.24, 2.45) is 0 Å². The number of hydrogen-bond acceptors (Lipinski definition) is 6. The molecule has 0 aliphatic heterocycles. The second-order valence-corrected chi connectivity index (χ2v) is 7.87. The number of nitrogens with one attached hydrogen (secondary N) is 2. The number of carbonyl (C=O) groups excluding carboxylic acids is 1. The predicted octanol–water partition coefficient (Wildman–Crippen LogP) is 2.78. The third-order valence-corrected chi connectivity index (χ3v) is 5.43. The van der Waals surface area contributed by atoms with Crippen LogP contribution in [0.1, 0.15) is 10.4 Å². The summed E-state index contributed by atoms with van der Waals surface area (Å²) >= 11 is 0. The molecule has 0 radical (unpaired) electrons. The molecule has 0 atom stereocenters. The number of sulfonamides is 1. The Labute approximate surface area is 180 Å². The van der Waals surface area contributed by atoms with Gasteiger partial charge in [-0.25, -0.2) is 8.42 Å². The molecule has 0 heterocycles. The van der Waals surface area contributed by atoms with Gasteiger partial charge in [0, 0.05) is 0 Å². The second-order valence-electron chi connectivity index (χ2n) is 6.22. The van der Waals surface area contributed by atoms with Crippen molar-refractivity contribution >= 4 is 15.9 Å². The Hall–Kier alpha value is -3.56. The van der Waals surface area contributed by atoms with Crippen molar-refractivity contribution in [1.82, 2.24) is 10.3 Å². The maximum absolute atomic E-state index is 12.6. The van der Waals surface area contributed by atoms with Gasteiger partial charge in [-0.2, -0.15) is 0 Å². The summed E-state index contributed by atoms with van der Waals surface area (Å²) in [5, 5.41) is 0. The summed E-state index contributed by atoms with van der Waals surface area (Å²) in [6.45, 7) is 0.479. The minimum atomic E-state index is -4.04. The van der Waals surface area contributed by atoms with E-state index in [1.54, 1.807) is 30.3 Å². The van der Waals surface area contributed by atoms with Crippen molar-refractivity contribution < 1.29 is 27.4 Å². The number of para-hydroxylation sites is 3. The van der Waals surface area contributed by atoms with Gasteiger partial charge in [0.25, 0.3) is 15.9 Å². The van der Waals surface area contributed by atoms with Crippen LogP contribution in [-0.2, 0) is 10.0 Å². The summed E-state index contributed by atoms with van der Waals surface area (Å²) in [7, 11) is -2.68. The van der Waals surface area contributed by atoms with Crippen LogP contribution in [0.4, 0.5) is 0 Å². The molecule has 0 aromatic heterocycles. The third kappa shape index (κ3) is 5.97. The molecule has 3 rings (SSSR count). The molecule has 1 amide bonds. The molecule has 0 bridgehead atoms. The fraction of sp³-hybridized carbons (Fsp3) is 0.136. The van der Waals surface area contributed by atoms with E-state index in [9.17, 15) is 13.2 Å².